The lowest BCUT2D eigenvalue weighted by molar-refractivity contribution is -0.143. The fourth-order valence-electron chi connectivity index (χ4n) is 1.61. The van der Waals surface area contributed by atoms with Crippen LogP contribution in [0.15, 0.2) is 22.7 Å². The van der Waals surface area contributed by atoms with E-state index in [1.807, 2.05) is 6.07 Å². The maximum atomic E-state index is 11.3. The minimum absolute atomic E-state index is 0.214. The van der Waals surface area contributed by atoms with Crippen LogP contribution in [0, 0.1) is 0 Å². The molecule has 1 amide bonds. The Morgan fingerprint density at radius 2 is 2.16 bits per heavy atom. The van der Waals surface area contributed by atoms with E-state index in [0.29, 0.717) is 41.7 Å². The second kappa shape index (κ2) is 7.78. The number of esters is 1. The van der Waals surface area contributed by atoms with Gasteiger partial charge in [0.15, 0.2) is 0 Å². The summed E-state index contributed by atoms with van der Waals surface area (Å²) in [5.41, 5.74) is 6.40. The third-order valence-electron chi connectivity index (χ3n) is 2.44. The number of hydrogen-bond donors (Lipinski definition) is 2. The number of benzene rings is 1. The Balaban J connectivity index is 2.52. The van der Waals surface area contributed by atoms with Crippen LogP contribution in [-0.4, -0.2) is 25.0 Å². The predicted molar refractivity (Wildman–Crippen MR) is 77.0 cm³/mol. The van der Waals surface area contributed by atoms with Crippen molar-refractivity contribution in [2.45, 2.75) is 19.8 Å². The van der Waals surface area contributed by atoms with Crippen molar-refractivity contribution in [1.29, 1.82) is 0 Å². The molecule has 0 atom stereocenters. The van der Waals surface area contributed by atoms with Gasteiger partial charge in [-0.2, -0.15) is 0 Å². The Labute approximate surface area is 120 Å². The van der Waals surface area contributed by atoms with Gasteiger partial charge in [0, 0.05) is 23.1 Å². The van der Waals surface area contributed by atoms with Crippen molar-refractivity contribution in [3.63, 3.8) is 0 Å². The summed E-state index contributed by atoms with van der Waals surface area (Å²) < 4.78 is 5.48. The van der Waals surface area contributed by atoms with Gasteiger partial charge in [-0.05, 0) is 41.4 Å². The fraction of sp³-hybridized carbons (Fsp3) is 0.385. The number of primary amides is 1. The molecule has 19 heavy (non-hydrogen) atoms. The van der Waals surface area contributed by atoms with Crippen molar-refractivity contribution < 1.29 is 14.3 Å². The Hall–Kier alpha value is -1.56. The number of carbonyl (C=O) groups excluding carboxylic acids is 2. The lowest BCUT2D eigenvalue weighted by Gasteiger charge is -2.11. The second-order valence-electron chi connectivity index (χ2n) is 3.86. The zero-order valence-electron chi connectivity index (χ0n) is 10.7. The van der Waals surface area contributed by atoms with E-state index >= 15 is 0 Å². The van der Waals surface area contributed by atoms with Crippen molar-refractivity contribution in [3.05, 3.63) is 28.2 Å². The number of amides is 1. The lowest BCUT2D eigenvalue weighted by Crippen LogP contribution is -2.16. The Bertz CT molecular complexity index is 463. The molecule has 3 N–H and O–H groups in total. The summed E-state index contributed by atoms with van der Waals surface area (Å²) in [7, 11) is 0. The number of halogens is 1. The standard InChI is InChI=1S/C13H17BrN2O3/c1-2-19-11(17)7-4-8-16-10-6-3-5-9(14)12(10)13(15)18/h3,5-6,16H,2,4,7-8H2,1H3,(H2,15,18). The van der Waals surface area contributed by atoms with E-state index < -0.39 is 5.91 Å². The van der Waals surface area contributed by atoms with E-state index in [2.05, 4.69) is 21.2 Å². The number of anilines is 1. The molecule has 0 radical (unpaired) electrons. The van der Waals surface area contributed by atoms with E-state index in [-0.39, 0.29) is 5.97 Å². The minimum Gasteiger partial charge on any atom is -0.466 e. The number of rotatable bonds is 7. The van der Waals surface area contributed by atoms with Gasteiger partial charge in [-0.3, -0.25) is 9.59 Å². The zero-order valence-corrected chi connectivity index (χ0v) is 12.3. The molecular weight excluding hydrogens is 312 g/mol. The smallest absolute Gasteiger partial charge is 0.305 e. The van der Waals surface area contributed by atoms with Crippen LogP contribution in [-0.2, 0) is 9.53 Å². The Kier molecular flexibility index (Phi) is 6.35. The molecule has 5 nitrogen and oxygen atoms in total. The monoisotopic (exact) mass is 328 g/mol. The van der Waals surface area contributed by atoms with E-state index in [4.69, 9.17) is 10.5 Å². The van der Waals surface area contributed by atoms with Gasteiger partial charge in [0.1, 0.15) is 0 Å². The number of ether oxygens (including phenoxy) is 1. The maximum absolute atomic E-state index is 11.3. The summed E-state index contributed by atoms with van der Waals surface area (Å²) in [5, 5.41) is 3.09. The van der Waals surface area contributed by atoms with E-state index in [0.717, 1.165) is 0 Å². The van der Waals surface area contributed by atoms with Gasteiger partial charge in [0.25, 0.3) is 5.91 Å². The molecule has 1 rings (SSSR count). The molecule has 1 aromatic carbocycles. The molecule has 0 aliphatic heterocycles. The zero-order chi connectivity index (χ0) is 14.3. The number of hydrogen-bond acceptors (Lipinski definition) is 4. The highest BCUT2D eigenvalue weighted by atomic mass is 79.9. The van der Waals surface area contributed by atoms with Crippen LogP contribution in [0.5, 0.6) is 0 Å². The van der Waals surface area contributed by atoms with Crippen LogP contribution >= 0.6 is 15.9 Å². The third-order valence-corrected chi connectivity index (χ3v) is 3.10. The van der Waals surface area contributed by atoms with Crippen LogP contribution < -0.4 is 11.1 Å². The van der Waals surface area contributed by atoms with Gasteiger partial charge in [0.2, 0.25) is 0 Å². The van der Waals surface area contributed by atoms with Crippen LogP contribution in [0.3, 0.4) is 0 Å². The number of carbonyl (C=O) groups is 2. The van der Waals surface area contributed by atoms with E-state index in [1.54, 1.807) is 19.1 Å². The number of nitrogens with two attached hydrogens (primary N) is 1. The van der Waals surface area contributed by atoms with Crippen molar-refractivity contribution >= 4 is 33.5 Å². The maximum Gasteiger partial charge on any atom is 0.305 e. The third kappa shape index (κ3) is 4.90. The van der Waals surface area contributed by atoms with Crippen molar-refractivity contribution in [1.82, 2.24) is 0 Å². The molecule has 0 unspecified atom stereocenters. The first-order chi connectivity index (χ1) is 9.06. The first-order valence-electron chi connectivity index (χ1n) is 6.04. The summed E-state index contributed by atoms with van der Waals surface area (Å²) in [6, 6.07) is 5.34. The molecule has 0 heterocycles. The van der Waals surface area contributed by atoms with Crippen LogP contribution in [0.4, 0.5) is 5.69 Å². The summed E-state index contributed by atoms with van der Waals surface area (Å²) in [4.78, 5) is 22.5. The summed E-state index contributed by atoms with van der Waals surface area (Å²) in [6.45, 7) is 2.73. The van der Waals surface area contributed by atoms with E-state index in [9.17, 15) is 9.59 Å². The Morgan fingerprint density at radius 3 is 2.79 bits per heavy atom. The van der Waals surface area contributed by atoms with Crippen molar-refractivity contribution in [2.75, 3.05) is 18.5 Å². The number of nitrogens with one attached hydrogen (secondary N) is 1. The Morgan fingerprint density at radius 1 is 1.42 bits per heavy atom. The molecule has 0 bridgehead atoms. The molecule has 0 saturated carbocycles. The molecular formula is C13H17BrN2O3. The average Bonchev–Trinajstić information content (AvgIpc) is 2.34. The minimum atomic E-state index is -0.500. The molecule has 0 aliphatic rings. The topological polar surface area (TPSA) is 81.4 Å². The molecule has 0 aliphatic carbocycles. The quantitative estimate of drug-likeness (QED) is 0.594. The average molecular weight is 329 g/mol. The molecule has 0 aromatic heterocycles. The van der Waals surface area contributed by atoms with Gasteiger partial charge in [-0.1, -0.05) is 6.07 Å². The highest BCUT2D eigenvalue weighted by molar-refractivity contribution is 9.10. The molecule has 6 heteroatoms. The van der Waals surface area contributed by atoms with Crippen molar-refractivity contribution in [2.24, 2.45) is 5.73 Å². The van der Waals surface area contributed by atoms with Gasteiger partial charge < -0.3 is 15.8 Å². The molecule has 104 valence electrons. The van der Waals surface area contributed by atoms with Gasteiger partial charge in [-0.25, -0.2) is 0 Å². The summed E-state index contributed by atoms with van der Waals surface area (Å²) >= 11 is 3.29. The lowest BCUT2D eigenvalue weighted by atomic mass is 10.1. The molecule has 1 aromatic rings. The van der Waals surface area contributed by atoms with Gasteiger partial charge in [0.05, 0.1) is 12.2 Å². The SMILES string of the molecule is CCOC(=O)CCCNc1cccc(Br)c1C(N)=O. The van der Waals surface area contributed by atoms with Gasteiger partial charge >= 0.3 is 5.97 Å². The predicted octanol–water partition coefficient (Wildman–Crippen LogP) is 2.30. The first-order valence-corrected chi connectivity index (χ1v) is 6.83. The molecule has 0 spiro atoms. The van der Waals surface area contributed by atoms with Crippen LogP contribution in [0.25, 0.3) is 0 Å². The second-order valence-corrected chi connectivity index (χ2v) is 4.72. The summed E-state index contributed by atoms with van der Waals surface area (Å²) in [6.07, 6.45) is 0.976. The summed E-state index contributed by atoms with van der Waals surface area (Å²) in [5.74, 6) is -0.714. The molecule has 0 saturated heterocycles. The fourth-order valence-corrected chi connectivity index (χ4v) is 2.17. The van der Waals surface area contributed by atoms with Crippen molar-refractivity contribution in [3.8, 4) is 0 Å². The highest BCUT2D eigenvalue weighted by Crippen LogP contribution is 2.24. The van der Waals surface area contributed by atoms with Gasteiger partial charge in [-0.15, -0.1) is 0 Å². The van der Waals surface area contributed by atoms with Crippen LogP contribution in [0.1, 0.15) is 30.1 Å². The largest absolute Gasteiger partial charge is 0.466 e. The molecule has 0 fully saturated rings. The normalized spacial score (nSPS) is 10.0. The highest BCUT2D eigenvalue weighted by Gasteiger charge is 2.11. The van der Waals surface area contributed by atoms with Crippen LogP contribution in [0.2, 0.25) is 0 Å². The van der Waals surface area contributed by atoms with E-state index in [1.165, 1.54) is 0 Å². The first kappa shape index (κ1) is 15.5.